The number of benzene rings is 3. The first-order chi connectivity index (χ1) is 21.5. The highest BCUT2D eigenvalue weighted by Crippen LogP contribution is 2.38. The summed E-state index contributed by atoms with van der Waals surface area (Å²) < 4.78 is 40.2. The van der Waals surface area contributed by atoms with E-state index in [0.717, 1.165) is 28.6 Å². The lowest BCUT2D eigenvalue weighted by Crippen LogP contribution is -2.44. The van der Waals surface area contributed by atoms with Gasteiger partial charge in [-0.15, -0.1) is 0 Å². The summed E-state index contributed by atoms with van der Waals surface area (Å²) >= 11 is 0. The van der Waals surface area contributed by atoms with Crippen molar-refractivity contribution in [1.82, 2.24) is 4.90 Å². The largest absolute Gasteiger partial charge is 0.454 e. The number of aryl methyl sites for hydroxylation is 1. The molecule has 0 radical (unpaired) electrons. The number of para-hydroxylation sites is 1. The molecule has 238 valence electrons. The molecular weight excluding hydrogens is 594 g/mol. The van der Waals surface area contributed by atoms with Crippen LogP contribution in [0.4, 0.5) is 11.4 Å². The minimum Gasteiger partial charge on any atom is -0.454 e. The second-order valence-electron chi connectivity index (χ2n) is 11.6. The van der Waals surface area contributed by atoms with Crippen LogP contribution in [-0.4, -0.2) is 71.0 Å². The third-order valence-electron chi connectivity index (χ3n) is 8.41. The minimum absolute atomic E-state index is 0.0665. The summed E-state index contributed by atoms with van der Waals surface area (Å²) in [4.78, 5) is 42.0. The van der Waals surface area contributed by atoms with E-state index in [1.165, 1.54) is 50.0 Å². The number of rotatable bonds is 10. The standard InChI is InChI=1S/C34H39N3O7S/c1-5-28(24-12-14-26(15-13-24)36-18-8-9-19-36)33(39)44-31-17-16-27(20-23(31)2)45(41,42)37-29-11-7-6-10-25(29)21-30(37)34(40)43-22-32(38)35(3)4/h6-7,10-17,20,28,30H,5,8-9,18-19,21-22H2,1-4H3. The lowest BCUT2D eigenvalue weighted by Gasteiger charge is -2.26. The third kappa shape index (κ3) is 6.68. The molecule has 0 spiro atoms. The molecule has 1 amide bonds. The van der Waals surface area contributed by atoms with Gasteiger partial charge in [-0.1, -0.05) is 37.3 Å². The molecular formula is C34H39N3O7S. The van der Waals surface area contributed by atoms with E-state index in [-0.39, 0.29) is 17.1 Å². The first-order valence-electron chi connectivity index (χ1n) is 15.2. The molecule has 1 saturated heterocycles. The quantitative estimate of drug-likeness (QED) is 0.238. The molecule has 45 heavy (non-hydrogen) atoms. The number of fused-ring (bicyclic) bond motifs is 1. The van der Waals surface area contributed by atoms with Crippen LogP contribution in [0.3, 0.4) is 0 Å². The van der Waals surface area contributed by atoms with Gasteiger partial charge in [0.25, 0.3) is 15.9 Å². The van der Waals surface area contributed by atoms with E-state index in [1.807, 2.05) is 31.2 Å². The van der Waals surface area contributed by atoms with Gasteiger partial charge in [-0.3, -0.25) is 13.9 Å². The summed E-state index contributed by atoms with van der Waals surface area (Å²) in [5, 5.41) is 0. The molecule has 0 aromatic heterocycles. The van der Waals surface area contributed by atoms with Crippen molar-refractivity contribution in [1.29, 1.82) is 0 Å². The fourth-order valence-electron chi connectivity index (χ4n) is 5.81. The Morgan fingerprint density at radius 1 is 0.978 bits per heavy atom. The number of carbonyl (C=O) groups excluding carboxylic acids is 3. The molecule has 3 aromatic carbocycles. The Kier molecular flexibility index (Phi) is 9.48. The van der Waals surface area contributed by atoms with Crippen molar-refractivity contribution in [2.45, 2.75) is 56.4 Å². The lowest BCUT2D eigenvalue weighted by atomic mass is 9.96. The fraction of sp³-hybridized carbons (Fsp3) is 0.382. The van der Waals surface area contributed by atoms with Gasteiger partial charge in [0.15, 0.2) is 6.61 Å². The summed E-state index contributed by atoms with van der Waals surface area (Å²) in [6, 6.07) is 18.0. The highest BCUT2D eigenvalue weighted by molar-refractivity contribution is 7.93. The number of carbonyl (C=O) groups is 3. The van der Waals surface area contributed by atoms with Crippen LogP contribution in [0.5, 0.6) is 5.75 Å². The van der Waals surface area contributed by atoms with E-state index in [2.05, 4.69) is 4.90 Å². The summed E-state index contributed by atoms with van der Waals surface area (Å²) in [5.41, 5.74) is 3.49. The van der Waals surface area contributed by atoms with Gasteiger partial charge in [-0.25, -0.2) is 13.2 Å². The maximum absolute atomic E-state index is 14.0. The second-order valence-corrected chi connectivity index (χ2v) is 13.5. The molecule has 0 aliphatic carbocycles. The Hall–Kier alpha value is -4.38. The number of likely N-dealkylation sites (N-methyl/N-ethyl adjacent to an activating group) is 1. The topological polar surface area (TPSA) is 114 Å². The summed E-state index contributed by atoms with van der Waals surface area (Å²) in [5.74, 6) is -1.88. The van der Waals surface area contributed by atoms with Crippen LogP contribution in [-0.2, 0) is 35.6 Å². The number of amides is 1. The molecule has 0 N–H and O–H groups in total. The summed E-state index contributed by atoms with van der Waals surface area (Å²) in [6.45, 7) is 5.18. The van der Waals surface area contributed by atoms with Gasteiger partial charge in [0, 0.05) is 39.3 Å². The van der Waals surface area contributed by atoms with Gasteiger partial charge < -0.3 is 19.3 Å². The average Bonchev–Trinajstić information content (AvgIpc) is 3.70. The number of ether oxygens (including phenoxy) is 2. The zero-order chi connectivity index (χ0) is 32.3. The number of hydrogen-bond acceptors (Lipinski definition) is 8. The molecule has 5 rings (SSSR count). The Labute approximate surface area is 264 Å². The smallest absolute Gasteiger partial charge is 0.330 e. The first-order valence-corrected chi connectivity index (χ1v) is 16.6. The fourth-order valence-corrected chi connectivity index (χ4v) is 7.54. The Morgan fingerprint density at radius 3 is 2.31 bits per heavy atom. The molecule has 10 nitrogen and oxygen atoms in total. The van der Waals surface area contributed by atoms with E-state index in [0.29, 0.717) is 23.2 Å². The van der Waals surface area contributed by atoms with Gasteiger partial charge in [0.05, 0.1) is 16.5 Å². The summed E-state index contributed by atoms with van der Waals surface area (Å²) in [6.07, 6.45) is 3.02. The van der Waals surface area contributed by atoms with Crippen molar-refractivity contribution in [2.24, 2.45) is 0 Å². The third-order valence-corrected chi connectivity index (χ3v) is 10.2. The predicted octanol–water partition coefficient (Wildman–Crippen LogP) is 4.45. The molecule has 0 bridgehead atoms. The van der Waals surface area contributed by atoms with Crippen LogP contribution in [0, 0.1) is 6.92 Å². The number of sulfonamides is 1. The Morgan fingerprint density at radius 2 is 1.67 bits per heavy atom. The highest BCUT2D eigenvalue weighted by Gasteiger charge is 2.43. The number of hydrogen-bond donors (Lipinski definition) is 0. The van der Waals surface area contributed by atoms with Gasteiger partial charge >= 0.3 is 11.9 Å². The first kappa shape index (κ1) is 32.0. The zero-order valence-corrected chi connectivity index (χ0v) is 26.9. The van der Waals surface area contributed by atoms with Crippen molar-refractivity contribution in [3.63, 3.8) is 0 Å². The number of nitrogens with zero attached hydrogens (tertiary/aromatic N) is 3. The van der Waals surface area contributed by atoms with Crippen molar-refractivity contribution in [3.8, 4) is 5.75 Å². The average molecular weight is 634 g/mol. The van der Waals surface area contributed by atoms with E-state index >= 15 is 0 Å². The van der Waals surface area contributed by atoms with Crippen molar-refractivity contribution < 1.29 is 32.3 Å². The van der Waals surface area contributed by atoms with Crippen LogP contribution in [0.25, 0.3) is 0 Å². The van der Waals surface area contributed by atoms with Gasteiger partial charge in [-0.2, -0.15) is 0 Å². The maximum Gasteiger partial charge on any atom is 0.330 e. The molecule has 1 fully saturated rings. The van der Waals surface area contributed by atoms with E-state index < -0.39 is 46.4 Å². The molecule has 2 aliphatic heterocycles. The van der Waals surface area contributed by atoms with E-state index in [9.17, 15) is 22.8 Å². The molecule has 2 heterocycles. The number of esters is 2. The van der Waals surface area contributed by atoms with Crippen LogP contribution >= 0.6 is 0 Å². The van der Waals surface area contributed by atoms with Gasteiger partial charge in [0.1, 0.15) is 11.8 Å². The van der Waals surface area contributed by atoms with Crippen LogP contribution < -0.4 is 13.9 Å². The Bertz CT molecular complexity index is 1680. The molecule has 2 unspecified atom stereocenters. The lowest BCUT2D eigenvalue weighted by molar-refractivity contribution is -0.151. The van der Waals surface area contributed by atoms with E-state index in [1.54, 1.807) is 31.2 Å². The normalized spacial score (nSPS) is 16.7. The minimum atomic E-state index is -4.25. The van der Waals surface area contributed by atoms with E-state index in [4.69, 9.17) is 9.47 Å². The van der Waals surface area contributed by atoms with Crippen LogP contribution in [0.1, 0.15) is 48.8 Å². The molecule has 0 saturated carbocycles. The van der Waals surface area contributed by atoms with Gasteiger partial charge in [-0.05, 0) is 79.3 Å². The van der Waals surface area contributed by atoms with Crippen LogP contribution in [0.15, 0.2) is 71.6 Å². The predicted molar refractivity (Wildman–Crippen MR) is 171 cm³/mol. The van der Waals surface area contributed by atoms with Crippen LogP contribution in [0.2, 0.25) is 0 Å². The van der Waals surface area contributed by atoms with Crippen molar-refractivity contribution >= 4 is 39.2 Å². The molecule has 2 aliphatic rings. The molecule has 11 heteroatoms. The molecule has 3 aromatic rings. The summed E-state index contributed by atoms with van der Waals surface area (Å²) in [7, 11) is -1.18. The van der Waals surface area contributed by atoms with Crippen molar-refractivity contribution in [3.05, 3.63) is 83.4 Å². The van der Waals surface area contributed by atoms with Crippen molar-refractivity contribution in [2.75, 3.05) is 43.0 Å². The number of anilines is 2. The maximum atomic E-state index is 14.0. The SMILES string of the molecule is CCC(C(=O)Oc1ccc(S(=O)(=O)N2c3ccccc3CC2C(=O)OCC(=O)N(C)C)cc1C)c1ccc(N2CCCC2)cc1. The zero-order valence-electron chi connectivity index (χ0n) is 26.1. The monoisotopic (exact) mass is 633 g/mol. The highest BCUT2D eigenvalue weighted by atomic mass is 32.2. The Balaban J connectivity index is 1.34. The molecule has 2 atom stereocenters. The van der Waals surface area contributed by atoms with Gasteiger partial charge in [0.2, 0.25) is 0 Å². The second kappa shape index (κ2) is 13.3.